The molecule has 1 aromatic rings. The van der Waals surface area contributed by atoms with Crippen LogP contribution in [0.5, 0.6) is 0 Å². The van der Waals surface area contributed by atoms with Crippen molar-refractivity contribution in [1.82, 2.24) is 0 Å². The third-order valence-electron chi connectivity index (χ3n) is 1.63. The second-order valence-electron chi connectivity index (χ2n) is 2.75. The second-order valence-corrected chi connectivity index (χ2v) is 3.54. The molecule has 0 radical (unpaired) electrons. The highest BCUT2D eigenvalue weighted by Gasteiger charge is 2.10. The van der Waals surface area contributed by atoms with Gasteiger partial charge in [-0.25, -0.2) is 4.79 Å². The van der Waals surface area contributed by atoms with Gasteiger partial charge in [0.15, 0.2) is 0 Å². The Morgan fingerprint density at radius 2 is 2.00 bits per heavy atom. The van der Waals surface area contributed by atoms with E-state index >= 15 is 0 Å². The first kappa shape index (κ1) is 9.26. The van der Waals surface area contributed by atoms with E-state index in [9.17, 15) is 4.79 Å². The Kier molecular flexibility index (Phi) is 2.52. The van der Waals surface area contributed by atoms with Gasteiger partial charge in [0.25, 0.3) is 0 Å². The summed E-state index contributed by atoms with van der Waals surface area (Å²) in [4.78, 5) is 10.7. The molecule has 0 spiro atoms. The summed E-state index contributed by atoms with van der Waals surface area (Å²) in [6.07, 6.45) is 0. The number of rotatable bonds is 1. The zero-order valence-corrected chi connectivity index (χ0v) is 8.47. The first-order valence-electron chi connectivity index (χ1n) is 3.52. The van der Waals surface area contributed by atoms with Gasteiger partial charge in [-0.15, -0.1) is 0 Å². The van der Waals surface area contributed by atoms with Crippen molar-refractivity contribution < 1.29 is 9.90 Å². The largest absolute Gasteiger partial charge is 0.478 e. The van der Waals surface area contributed by atoms with Crippen LogP contribution in [-0.4, -0.2) is 11.1 Å². The number of halogens is 1. The molecule has 1 aromatic carbocycles. The molecule has 1 rings (SSSR count). The van der Waals surface area contributed by atoms with Crippen molar-refractivity contribution in [3.8, 4) is 0 Å². The minimum absolute atomic E-state index is 0.326. The molecule has 0 unspecified atom stereocenters. The number of carboxylic acid groups (broad SMARTS) is 1. The third-order valence-corrected chi connectivity index (χ3v) is 2.68. The Morgan fingerprint density at radius 1 is 1.42 bits per heavy atom. The SMILES string of the molecule is Cc1cc(C)c(Br)c(C(=O)O)c1. The van der Waals surface area contributed by atoms with Gasteiger partial charge in [0.2, 0.25) is 0 Å². The lowest BCUT2D eigenvalue weighted by Gasteiger charge is -2.04. The summed E-state index contributed by atoms with van der Waals surface area (Å²) < 4.78 is 0.667. The van der Waals surface area contributed by atoms with E-state index in [-0.39, 0.29) is 0 Å². The maximum atomic E-state index is 10.7. The summed E-state index contributed by atoms with van der Waals surface area (Å²) in [5.41, 5.74) is 2.24. The van der Waals surface area contributed by atoms with Gasteiger partial charge in [-0.2, -0.15) is 0 Å². The lowest BCUT2D eigenvalue weighted by atomic mass is 10.1. The topological polar surface area (TPSA) is 37.3 Å². The molecule has 2 nitrogen and oxygen atoms in total. The fourth-order valence-electron chi connectivity index (χ4n) is 1.11. The highest BCUT2D eigenvalue weighted by atomic mass is 79.9. The van der Waals surface area contributed by atoms with Crippen LogP contribution in [-0.2, 0) is 0 Å². The number of aromatic carboxylic acids is 1. The predicted molar refractivity (Wildman–Crippen MR) is 50.6 cm³/mol. The van der Waals surface area contributed by atoms with Crippen molar-refractivity contribution in [3.05, 3.63) is 33.3 Å². The van der Waals surface area contributed by atoms with E-state index in [2.05, 4.69) is 15.9 Å². The Hall–Kier alpha value is -0.830. The van der Waals surface area contributed by atoms with Gasteiger partial charge in [0, 0.05) is 4.47 Å². The van der Waals surface area contributed by atoms with Gasteiger partial charge in [-0.3, -0.25) is 0 Å². The molecule has 1 N–H and O–H groups in total. The Labute approximate surface area is 79.3 Å². The van der Waals surface area contributed by atoms with Crippen LogP contribution < -0.4 is 0 Å². The molecule has 3 heteroatoms. The molecule has 0 saturated heterocycles. The molecule has 0 heterocycles. The van der Waals surface area contributed by atoms with Crippen molar-refractivity contribution in [2.24, 2.45) is 0 Å². The minimum Gasteiger partial charge on any atom is -0.478 e. The molecular formula is C9H9BrO2. The summed E-state index contributed by atoms with van der Waals surface area (Å²) in [5, 5.41) is 8.78. The zero-order chi connectivity index (χ0) is 9.30. The molecule has 0 aromatic heterocycles. The molecule has 0 fully saturated rings. The number of benzene rings is 1. The summed E-state index contributed by atoms with van der Waals surface area (Å²) in [7, 11) is 0. The van der Waals surface area contributed by atoms with E-state index in [1.165, 1.54) is 0 Å². The molecule has 0 aliphatic carbocycles. The van der Waals surface area contributed by atoms with E-state index in [0.717, 1.165) is 11.1 Å². The van der Waals surface area contributed by atoms with Crippen LogP contribution in [0.1, 0.15) is 21.5 Å². The molecule has 0 aliphatic heterocycles. The molecule has 0 bridgehead atoms. The van der Waals surface area contributed by atoms with Crippen LogP contribution in [0.15, 0.2) is 16.6 Å². The lowest BCUT2D eigenvalue weighted by Crippen LogP contribution is -1.99. The fourth-order valence-corrected chi connectivity index (χ4v) is 1.50. The van der Waals surface area contributed by atoms with Crippen LogP contribution in [0.2, 0.25) is 0 Å². The number of carboxylic acids is 1. The Morgan fingerprint density at radius 3 is 2.50 bits per heavy atom. The van der Waals surface area contributed by atoms with Crippen LogP contribution >= 0.6 is 15.9 Å². The van der Waals surface area contributed by atoms with E-state index in [4.69, 9.17) is 5.11 Å². The maximum absolute atomic E-state index is 10.7. The van der Waals surface area contributed by atoms with Crippen LogP contribution in [0.25, 0.3) is 0 Å². The van der Waals surface area contributed by atoms with Crippen molar-refractivity contribution >= 4 is 21.9 Å². The average molecular weight is 229 g/mol. The predicted octanol–water partition coefficient (Wildman–Crippen LogP) is 2.76. The van der Waals surface area contributed by atoms with Crippen LogP contribution in [0, 0.1) is 13.8 Å². The quantitative estimate of drug-likeness (QED) is 0.803. The lowest BCUT2D eigenvalue weighted by molar-refractivity contribution is 0.0695. The molecular weight excluding hydrogens is 220 g/mol. The summed E-state index contributed by atoms with van der Waals surface area (Å²) in [6.45, 7) is 3.76. The van der Waals surface area contributed by atoms with Crippen molar-refractivity contribution in [3.63, 3.8) is 0 Å². The Bertz CT molecular complexity index is 332. The van der Waals surface area contributed by atoms with Gasteiger partial charge >= 0.3 is 5.97 Å². The number of aryl methyl sites for hydroxylation is 2. The standard InChI is InChI=1S/C9H9BrO2/c1-5-3-6(2)8(10)7(4-5)9(11)12/h3-4H,1-2H3,(H,11,12). The minimum atomic E-state index is -0.895. The molecule has 12 heavy (non-hydrogen) atoms. The third kappa shape index (κ3) is 1.67. The summed E-state index contributed by atoms with van der Waals surface area (Å²) in [5.74, 6) is -0.895. The number of hydrogen-bond donors (Lipinski definition) is 1. The molecule has 0 atom stereocenters. The van der Waals surface area contributed by atoms with E-state index < -0.39 is 5.97 Å². The highest BCUT2D eigenvalue weighted by molar-refractivity contribution is 9.10. The first-order chi connectivity index (χ1) is 5.52. The van der Waals surface area contributed by atoms with Crippen molar-refractivity contribution in [2.45, 2.75) is 13.8 Å². The van der Waals surface area contributed by atoms with Crippen LogP contribution in [0.4, 0.5) is 0 Å². The molecule has 0 saturated carbocycles. The molecule has 0 amide bonds. The van der Waals surface area contributed by atoms with Gasteiger partial charge in [-0.1, -0.05) is 6.07 Å². The van der Waals surface area contributed by atoms with Gasteiger partial charge in [-0.05, 0) is 47.0 Å². The number of hydrogen-bond acceptors (Lipinski definition) is 1. The zero-order valence-electron chi connectivity index (χ0n) is 6.89. The first-order valence-corrected chi connectivity index (χ1v) is 4.31. The van der Waals surface area contributed by atoms with Gasteiger partial charge in [0.1, 0.15) is 0 Å². The summed E-state index contributed by atoms with van der Waals surface area (Å²) >= 11 is 3.23. The van der Waals surface area contributed by atoms with E-state index in [1.807, 2.05) is 19.9 Å². The van der Waals surface area contributed by atoms with Gasteiger partial charge in [0.05, 0.1) is 5.56 Å². The second kappa shape index (κ2) is 3.27. The normalized spacial score (nSPS) is 9.92. The summed E-state index contributed by atoms with van der Waals surface area (Å²) in [6, 6.07) is 3.59. The maximum Gasteiger partial charge on any atom is 0.336 e. The van der Waals surface area contributed by atoms with E-state index in [1.54, 1.807) is 6.07 Å². The van der Waals surface area contributed by atoms with Gasteiger partial charge < -0.3 is 5.11 Å². The van der Waals surface area contributed by atoms with Crippen molar-refractivity contribution in [1.29, 1.82) is 0 Å². The van der Waals surface area contributed by atoms with E-state index in [0.29, 0.717) is 10.0 Å². The monoisotopic (exact) mass is 228 g/mol. The average Bonchev–Trinajstić information content (AvgIpc) is 1.96. The fraction of sp³-hybridized carbons (Fsp3) is 0.222. The highest BCUT2D eigenvalue weighted by Crippen LogP contribution is 2.22. The molecule has 64 valence electrons. The van der Waals surface area contributed by atoms with Crippen molar-refractivity contribution in [2.75, 3.05) is 0 Å². The number of carbonyl (C=O) groups is 1. The Balaban J connectivity index is 3.37. The smallest absolute Gasteiger partial charge is 0.336 e. The molecule has 0 aliphatic rings. The van der Waals surface area contributed by atoms with Crippen LogP contribution in [0.3, 0.4) is 0 Å².